The monoisotopic (exact) mass is 288 g/mol. The van der Waals surface area contributed by atoms with Crippen LogP contribution in [0.1, 0.15) is 25.7 Å². The molecule has 8 nitrogen and oxygen atoms in total. The summed E-state index contributed by atoms with van der Waals surface area (Å²) in [5, 5.41) is 6.75. The Labute approximate surface area is 121 Å². The summed E-state index contributed by atoms with van der Waals surface area (Å²) in [6.07, 6.45) is 4.74. The maximum Gasteiger partial charge on any atom is 0.317 e. The normalized spacial score (nSPS) is 15.1. The third-order valence-corrected chi connectivity index (χ3v) is 3.16. The molecule has 0 bridgehead atoms. The van der Waals surface area contributed by atoms with Crippen LogP contribution in [0.2, 0.25) is 0 Å². The van der Waals surface area contributed by atoms with Gasteiger partial charge in [0.25, 0.3) is 0 Å². The first-order valence-corrected chi connectivity index (χ1v) is 6.79. The second kappa shape index (κ2) is 5.47. The van der Waals surface area contributed by atoms with E-state index in [2.05, 4.69) is 25.4 Å². The van der Waals surface area contributed by atoms with E-state index in [9.17, 15) is 4.79 Å². The van der Waals surface area contributed by atoms with Crippen molar-refractivity contribution >= 4 is 6.03 Å². The lowest BCUT2D eigenvalue weighted by atomic mass is 10.0. The van der Waals surface area contributed by atoms with E-state index in [0.717, 1.165) is 0 Å². The first kappa shape index (κ1) is 13.5. The van der Waals surface area contributed by atoms with Crippen LogP contribution in [0.5, 0.6) is 0 Å². The number of rotatable bonds is 3. The second-order valence-electron chi connectivity index (χ2n) is 5.25. The van der Waals surface area contributed by atoms with Crippen molar-refractivity contribution in [2.24, 2.45) is 0 Å². The van der Waals surface area contributed by atoms with Crippen molar-refractivity contribution in [2.45, 2.75) is 25.8 Å². The van der Waals surface area contributed by atoms with E-state index in [1.807, 2.05) is 13.8 Å². The SMILES string of the molecule is CC(C)NC(=O)N1CC(c2nc(-c3cnccn3)no2)C1. The van der Waals surface area contributed by atoms with Gasteiger partial charge in [-0.15, -0.1) is 0 Å². The van der Waals surface area contributed by atoms with Gasteiger partial charge in [-0.1, -0.05) is 5.16 Å². The van der Waals surface area contributed by atoms with Crippen molar-refractivity contribution in [3.05, 3.63) is 24.5 Å². The number of nitrogens with zero attached hydrogens (tertiary/aromatic N) is 5. The highest BCUT2D eigenvalue weighted by molar-refractivity contribution is 5.75. The lowest BCUT2D eigenvalue weighted by Crippen LogP contribution is -2.53. The summed E-state index contributed by atoms with van der Waals surface area (Å²) >= 11 is 0. The van der Waals surface area contributed by atoms with E-state index in [0.29, 0.717) is 30.5 Å². The van der Waals surface area contributed by atoms with E-state index < -0.39 is 0 Å². The average Bonchev–Trinajstić information content (AvgIpc) is 2.86. The van der Waals surface area contributed by atoms with E-state index in [1.54, 1.807) is 23.5 Å². The van der Waals surface area contributed by atoms with Crippen LogP contribution < -0.4 is 5.32 Å². The molecular weight excluding hydrogens is 272 g/mol. The molecule has 1 N–H and O–H groups in total. The van der Waals surface area contributed by atoms with Crippen molar-refractivity contribution in [3.63, 3.8) is 0 Å². The highest BCUT2D eigenvalue weighted by Gasteiger charge is 2.35. The maximum absolute atomic E-state index is 11.8. The minimum absolute atomic E-state index is 0.0603. The quantitative estimate of drug-likeness (QED) is 0.906. The summed E-state index contributed by atoms with van der Waals surface area (Å²) < 4.78 is 5.24. The van der Waals surface area contributed by atoms with Crippen LogP contribution in [0.15, 0.2) is 23.1 Å². The van der Waals surface area contributed by atoms with E-state index >= 15 is 0 Å². The van der Waals surface area contributed by atoms with Gasteiger partial charge < -0.3 is 14.7 Å². The molecule has 3 heterocycles. The molecule has 3 rings (SSSR count). The number of urea groups is 1. The Balaban J connectivity index is 1.61. The minimum atomic E-state index is -0.0603. The molecule has 0 spiro atoms. The van der Waals surface area contributed by atoms with Crippen LogP contribution >= 0.6 is 0 Å². The second-order valence-corrected chi connectivity index (χ2v) is 5.25. The summed E-state index contributed by atoms with van der Waals surface area (Å²) in [4.78, 5) is 25.9. The molecule has 1 saturated heterocycles. The molecule has 8 heteroatoms. The fourth-order valence-corrected chi connectivity index (χ4v) is 2.06. The number of carbonyl (C=O) groups excluding carboxylic acids is 1. The molecule has 2 aromatic rings. The Hall–Kier alpha value is -2.51. The van der Waals surface area contributed by atoms with Crippen LogP contribution in [0.4, 0.5) is 4.79 Å². The van der Waals surface area contributed by atoms with Gasteiger partial charge >= 0.3 is 6.03 Å². The zero-order chi connectivity index (χ0) is 14.8. The Morgan fingerprint density at radius 3 is 2.90 bits per heavy atom. The van der Waals surface area contributed by atoms with Gasteiger partial charge in [0, 0.05) is 31.5 Å². The van der Waals surface area contributed by atoms with Gasteiger partial charge in [-0.25, -0.2) is 9.78 Å². The third kappa shape index (κ3) is 2.83. The largest absolute Gasteiger partial charge is 0.338 e. The summed E-state index contributed by atoms with van der Waals surface area (Å²) in [6, 6.07) is 0.0677. The van der Waals surface area contributed by atoms with Crippen molar-refractivity contribution in [3.8, 4) is 11.5 Å². The highest BCUT2D eigenvalue weighted by atomic mass is 16.5. The van der Waals surface area contributed by atoms with Crippen molar-refractivity contribution in [2.75, 3.05) is 13.1 Å². The number of hydrogen-bond acceptors (Lipinski definition) is 6. The van der Waals surface area contributed by atoms with E-state index in [1.165, 1.54) is 0 Å². The molecule has 1 aliphatic rings. The number of aromatic nitrogens is 4. The van der Waals surface area contributed by atoms with Gasteiger partial charge in [-0.3, -0.25) is 4.98 Å². The van der Waals surface area contributed by atoms with Crippen LogP contribution in [0.3, 0.4) is 0 Å². The molecule has 0 radical (unpaired) electrons. The fraction of sp³-hybridized carbons (Fsp3) is 0.462. The molecule has 1 aliphatic heterocycles. The summed E-state index contributed by atoms with van der Waals surface area (Å²) in [5.41, 5.74) is 0.571. The van der Waals surface area contributed by atoms with Gasteiger partial charge in [0.2, 0.25) is 11.7 Å². The first-order chi connectivity index (χ1) is 10.1. The van der Waals surface area contributed by atoms with Crippen LogP contribution in [0.25, 0.3) is 11.5 Å². The van der Waals surface area contributed by atoms with Gasteiger partial charge in [-0.2, -0.15) is 4.98 Å². The molecule has 0 atom stereocenters. The third-order valence-electron chi connectivity index (χ3n) is 3.16. The number of carbonyl (C=O) groups is 1. The zero-order valence-corrected chi connectivity index (χ0v) is 11.9. The van der Waals surface area contributed by atoms with E-state index in [4.69, 9.17) is 4.52 Å². The van der Waals surface area contributed by atoms with Gasteiger partial charge in [0.1, 0.15) is 5.69 Å². The molecule has 0 aliphatic carbocycles. The summed E-state index contributed by atoms with van der Waals surface area (Å²) in [7, 11) is 0. The topological polar surface area (TPSA) is 97.0 Å². The summed E-state index contributed by atoms with van der Waals surface area (Å²) in [6.45, 7) is 5.03. The lowest BCUT2D eigenvalue weighted by molar-refractivity contribution is 0.135. The van der Waals surface area contributed by atoms with Gasteiger partial charge in [0.15, 0.2) is 0 Å². The number of hydrogen-bond donors (Lipinski definition) is 1. The average molecular weight is 288 g/mol. The number of nitrogens with one attached hydrogen (secondary N) is 1. The first-order valence-electron chi connectivity index (χ1n) is 6.79. The molecular formula is C13H16N6O2. The smallest absolute Gasteiger partial charge is 0.317 e. The maximum atomic E-state index is 11.8. The lowest BCUT2D eigenvalue weighted by Gasteiger charge is -2.37. The molecule has 0 unspecified atom stereocenters. The molecule has 0 saturated carbocycles. The minimum Gasteiger partial charge on any atom is -0.338 e. The molecule has 2 amide bonds. The van der Waals surface area contributed by atoms with Crippen LogP contribution in [-0.2, 0) is 0 Å². The molecule has 2 aromatic heterocycles. The molecule has 21 heavy (non-hydrogen) atoms. The van der Waals surface area contributed by atoms with Gasteiger partial charge in [0.05, 0.1) is 12.1 Å². The van der Waals surface area contributed by atoms with Crippen molar-refractivity contribution in [1.82, 2.24) is 30.3 Å². The Morgan fingerprint density at radius 2 is 2.24 bits per heavy atom. The molecule has 1 fully saturated rings. The van der Waals surface area contributed by atoms with Crippen molar-refractivity contribution in [1.29, 1.82) is 0 Å². The highest BCUT2D eigenvalue weighted by Crippen LogP contribution is 2.26. The fourth-order valence-electron chi connectivity index (χ4n) is 2.06. The van der Waals surface area contributed by atoms with Crippen LogP contribution in [0, 0.1) is 0 Å². The predicted molar refractivity (Wildman–Crippen MR) is 73.3 cm³/mol. The standard InChI is InChI=1S/C13H16N6O2/c1-8(2)16-13(20)19-6-9(7-19)12-17-11(18-21-12)10-5-14-3-4-15-10/h3-5,8-9H,6-7H2,1-2H3,(H,16,20). The van der Waals surface area contributed by atoms with Crippen LogP contribution in [-0.4, -0.2) is 50.2 Å². The number of likely N-dealkylation sites (tertiary alicyclic amines) is 1. The van der Waals surface area contributed by atoms with Gasteiger partial charge in [-0.05, 0) is 13.8 Å². The Bertz CT molecular complexity index is 621. The number of amides is 2. The Morgan fingerprint density at radius 1 is 1.43 bits per heavy atom. The molecule has 0 aromatic carbocycles. The molecule has 110 valence electrons. The van der Waals surface area contributed by atoms with E-state index in [-0.39, 0.29) is 18.0 Å². The predicted octanol–water partition coefficient (Wildman–Crippen LogP) is 1.04. The van der Waals surface area contributed by atoms with Crippen molar-refractivity contribution < 1.29 is 9.32 Å². The summed E-state index contributed by atoms with van der Waals surface area (Å²) in [5.74, 6) is 1.04. The Kier molecular flexibility index (Phi) is 3.51. The zero-order valence-electron chi connectivity index (χ0n) is 11.9.